The number of nitrogens with zero attached hydrogens (tertiary/aromatic N) is 1. The molecule has 1 atom stereocenters. The van der Waals surface area contributed by atoms with Gasteiger partial charge in [0.05, 0.1) is 0 Å². The Bertz CT molecular complexity index is 414. The van der Waals surface area contributed by atoms with Crippen molar-refractivity contribution in [2.24, 2.45) is 5.41 Å². The SMILES string of the molecule is CCC(C)(CC)CC(C)(CC)N1CCC2=C(CCC=C2)C1. The topological polar surface area (TPSA) is 3.24 Å². The predicted molar refractivity (Wildman–Crippen MR) is 93.6 cm³/mol. The minimum Gasteiger partial charge on any atom is -0.294 e. The molecule has 0 fully saturated rings. The number of hydrogen-bond donors (Lipinski definition) is 0. The Morgan fingerprint density at radius 2 is 1.76 bits per heavy atom. The molecule has 0 radical (unpaired) electrons. The van der Waals surface area contributed by atoms with Crippen molar-refractivity contribution in [1.82, 2.24) is 4.90 Å². The van der Waals surface area contributed by atoms with Crippen LogP contribution in [0.4, 0.5) is 0 Å². The zero-order chi connectivity index (χ0) is 15.5. The molecule has 0 bridgehead atoms. The Balaban J connectivity index is 2.14. The minimum atomic E-state index is 0.362. The molecule has 1 unspecified atom stereocenters. The molecule has 0 spiro atoms. The maximum atomic E-state index is 2.80. The summed E-state index contributed by atoms with van der Waals surface area (Å²) in [6, 6.07) is 0. The Morgan fingerprint density at radius 1 is 1.05 bits per heavy atom. The molecule has 1 heterocycles. The third-order valence-electron chi connectivity index (χ3n) is 6.46. The monoisotopic (exact) mass is 289 g/mol. The lowest BCUT2D eigenvalue weighted by Crippen LogP contribution is -2.51. The Labute approximate surface area is 132 Å². The van der Waals surface area contributed by atoms with Crippen LogP contribution >= 0.6 is 0 Å². The van der Waals surface area contributed by atoms with Crippen LogP contribution in [0.5, 0.6) is 0 Å². The number of rotatable bonds is 6. The highest BCUT2D eigenvalue weighted by Crippen LogP contribution is 2.41. The van der Waals surface area contributed by atoms with Crippen molar-refractivity contribution in [3.05, 3.63) is 23.3 Å². The van der Waals surface area contributed by atoms with Gasteiger partial charge in [0, 0.05) is 18.6 Å². The summed E-state index contributed by atoms with van der Waals surface area (Å²) in [6.45, 7) is 14.6. The first-order valence-electron chi connectivity index (χ1n) is 9.09. The van der Waals surface area contributed by atoms with E-state index in [-0.39, 0.29) is 0 Å². The van der Waals surface area contributed by atoms with Gasteiger partial charge in [-0.15, -0.1) is 0 Å². The molecular formula is C20H35N. The fourth-order valence-electron chi connectivity index (χ4n) is 4.11. The van der Waals surface area contributed by atoms with Crippen molar-refractivity contribution in [2.75, 3.05) is 13.1 Å². The van der Waals surface area contributed by atoms with Crippen LogP contribution in [0.2, 0.25) is 0 Å². The van der Waals surface area contributed by atoms with Gasteiger partial charge in [-0.1, -0.05) is 58.3 Å². The van der Waals surface area contributed by atoms with Crippen molar-refractivity contribution < 1.29 is 0 Å². The molecule has 1 nitrogen and oxygen atoms in total. The summed E-state index contributed by atoms with van der Waals surface area (Å²) in [7, 11) is 0. The van der Waals surface area contributed by atoms with E-state index in [2.05, 4.69) is 51.7 Å². The minimum absolute atomic E-state index is 0.362. The molecule has 0 aromatic rings. The second-order valence-electron chi connectivity index (χ2n) is 7.79. The van der Waals surface area contributed by atoms with E-state index in [1.165, 1.54) is 58.0 Å². The molecule has 0 saturated carbocycles. The molecule has 0 aromatic carbocycles. The molecule has 0 amide bonds. The van der Waals surface area contributed by atoms with Crippen molar-refractivity contribution in [3.63, 3.8) is 0 Å². The van der Waals surface area contributed by atoms with Crippen molar-refractivity contribution in [1.29, 1.82) is 0 Å². The molecule has 1 aliphatic carbocycles. The van der Waals surface area contributed by atoms with E-state index in [1.54, 1.807) is 11.1 Å². The molecule has 2 aliphatic rings. The smallest absolute Gasteiger partial charge is 0.0204 e. The van der Waals surface area contributed by atoms with Gasteiger partial charge in [-0.25, -0.2) is 0 Å². The van der Waals surface area contributed by atoms with Gasteiger partial charge in [0.15, 0.2) is 0 Å². The molecule has 1 heteroatoms. The Hall–Kier alpha value is -0.560. The summed E-state index contributed by atoms with van der Waals surface area (Å²) >= 11 is 0. The normalized spacial score (nSPS) is 23.1. The van der Waals surface area contributed by atoms with Crippen molar-refractivity contribution in [3.8, 4) is 0 Å². The molecule has 120 valence electrons. The van der Waals surface area contributed by atoms with E-state index in [0.717, 1.165) is 0 Å². The zero-order valence-electron chi connectivity index (χ0n) is 15.0. The van der Waals surface area contributed by atoms with Gasteiger partial charge >= 0.3 is 0 Å². The van der Waals surface area contributed by atoms with Gasteiger partial charge in [0.1, 0.15) is 0 Å². The lowest BCUT2D eigenvalue weighted by Gasteiger charge is -2.48. The van der Waals surface area contributed by atoms with Gasteiger partial charge in [-0.05, 0) is 50.0 Å². The largest absolute Gasteiger partial charge is 0.294 e. The second-order valence-corrected chi connectivity index (χ2v) is 7.79. The van der Waals surface area contributed by atoms with Gasteiger partial charge in [-0.2, -0.15) is 0 Å². The number of hydrogen-bond acceptors (Lipinski definition) is 1. The average Bonchev–Trinajstić information content (AvgIpc) is 2.54. The lowest BCUT2D eigenvalue weighted by atomic mass is 9.72. The van der Waals surface area contributed by atoms with E-state index in [0.29, 0.717) is 11.0 Å². The average molecular weight is 290 g/mol. The van der Waals surface area contributed by atoms with Crippen LogP contribution in [0.1, 0.15) is 79.6 Å². The van der Waals surface area contributed by atoms with Gasteiger partial charge < -0.3 is 0 Å². The zero-order valence-corrected chi connectivity index (χ0v) is 15.0. The van der Waals surface area contributed by atoms with E-state index in [9.17, 15) is 0 Å². The molecule has 2 rings (SSSR count). The second kappa shape index (κ2) is 6.69. The van der Waals surface area contributed by atoms with Gasteiger partial charge in [0.2, 0.25) is 0 Å². The van der Waals surface area contributed by atoms with Crippen LogP contribution in [0.3, 0.4) is 0 Å². The summed E-state index contributed by atoms with van der Waals surface area (Å²) in [5, 5.41) is 0. The van der Waals surface area contributed by atoms with Crippen LogP contribution in [-0.4, -0.2) is 23.5 Å². The van der Waals surface area contributed by atoms with Crippen LogP contribution < -0.4 is 0 Å². The first-order chi connectivity index (χ1) is 9.96. The fraction of sp³-hybridized carbons (Fsp3) is 0.800. The maximum Gasteiger partial charge on any atom is 0.0204 e. The van der Waals surface area contributed by atoms with E-state index >= 15 is 0 Å². The van der Waals surface area contributed by atoms with Crippen molar-refractivity contribution in [2.45, 2.75) is 85.1 Å². The summed E-state index contributed by atoms with van der Waals surface area (Å²) < 4.78 is 0. The summed E-state index contributed by atoms with van der Waals surface area (Å²) in [4.78, 5) is 2.80. The van der Waals surface area contributed by atoms with Gasteiger partial charge in [-0.3, -0.25) is 4.90 Å². The van der Waals surface area contributed by atoms with Crippen LogP contribution in [0, 0.1) is 5.41 Å². The highest BCUT2D eigenvalue weighted by molar-refractivity contribution is 5.32. The van der Waals surface area contributed by atoms with Crippen LogP contribution in [0.25, 0.3) is 0 Å². The molecule has 0 saturated heterocycles. The third kappa shape index (κ3) is 3.62. The third-order valence-corrected chi connectivity index (χ3v) is 6.46. The van der Waals surface area contributed by atoms with Gasteiger partial charge in [0.25, 0.3) is 0 Å². The first-order valence-corrected chi connectivity index (χ1v) is 9.09. The van der Waals surface area contributed by atoms with E-state index < -0.39 is 0 Å². The molecule has 0 aromatic heterocycles. The van der Waals surface area contributed by atoms with E-state index in [1.807, 2.05) is 0 Å². The highest BCUT2D eigenvalue weighted by atomic mass is 15.2. The summed E-state index contributed by atoms with van der Waals surface area (Å²) in [6.07, 6.45) is 13.7. The molecule has 0 N–H and O–H groups in total. The lowest BCUT2D eigenvalue weighted by molar-refractivity contribution is 0.0476. The van der Waals surface area contributed by atoms with Crippen LogP contribution in [-0.2, 0) is 0 Å². The van der Waals surface area contributed by atoms with Crippen LogP contribution in [0.15, 0.2) is 23.3 Å². The molecule has 21 heavy (non-hydrogen) atoms. The predicted octanol–water partition coefficient (Wildman–Crippen LogP) is 5.72. The summed E-state index contributed by atoms with van der Waals surface area (Å²) in [5.74, 6) is 0. The highest BCUT2D eigenvalue weighted by Gasteiger charge is 2.38. The number of allylic oxidation sites excluding steroid dienone is 2. The Morgan fingerprint density at radius 3 is 2.38 bits per heavy atom. The first kappa shape index (κ1) is 16.8. The molecular weight excluding hydrogens is 254 g/mol. The summed E-state index contributed by atoms with van der Waals surface area (Å²) in [5.41, 5.74) is 4.22. The Kier molecular flexibility index (Phi) is 5.35. The standard InChI is InChI=1S/C20H35N/c1-6-19(4,7-2)16-20(5,8-3)21-14-13-17-11-9-10-12-18(17)15-21/h9,11H,6-8,10,12-16H2,1-5H3. The quantitative estimate of drug-likeness (QED) is 0.604. The van der Waals surface area contributed by atoms with E-state index in [4.69, 9.17) is 0 Å². The van der Waals surface area contributed by atoms with Crippen molar-refractivity contribution >= 4 is 0 Å². The molecule has 1 aliphatic heterocycles. The maximum absolute atomic E-state index is 2.80. The fourth-order valence-corrected chi connectivity index (χ4v) is 4.11.